The Labute approximate surface area is 217 Å². The second-order valence-electron chi connectivity index (χ2n) is 7.56. The standard InChI is InChI=1S/C26H24N4O2S3/c1-3-33-26-29-25(35-30-26)28-24(32)22(18-10-5-4-6-11-18)34-21-14-8-13-20(16-21)27-23(31)19-12-7-9-17(2)15-19/h4-16,22H,3H2,1-2H3,(H,27,31)(H,28,29,30,32). The van der Waals surface area contributed by atoms with Crippen LogP contribution in [0.25, 0.3) is 0 Å². The highest BCUT2D eigenvalue weighted by atomic mass is 32.2. The number of carbonyl (C=O) groups is 2. The molecule has 0 radical (unpaired) electrons. The predicted octanol–water partition coefficient (Wildman–Crippen LogP) is 6.68. The third-order valence-electron chi connectivity index (χ3n) is 4.88. The molecule has 178 valence electrons. The van der Waals surface area contributed by atoms with Crippen molar-refractivity contribution in [2.45, 2.75) is 29.1 Å². The first-order valence-corrected chi connectivity index (χ1v) is 13.6. The predicted molar refractivity (Wildman–Crippen MR) is 146 cm³/mol. The molecule has 0 bridgehead atoms. The summed E-state index contributed by atoms with van der Waals surface area (Å²) in [6.07, 6.45) is 0. The van der Waals surface area contributed by atoms with Crippen molar-refractivity contribution in [2.75, 3.05) is 16.4 Å². The zero-order valence-electron chi connectivity index (χ0n) is 19.2. The molecule has 2 N–H and O–H groups in total. The summed E-state index contributed by atoms with van der Waals surface area (Å²) in [4.78, 5) is 31.2. The molecule has 3 aromatic carbocycles. The van der Waals surface area contributed by atoms with Crippen LogP contribution in [0.15, 0.2) is 88.9 Å². The van der Waals surface area contributed by atoms with E-state index in [2.05, 4.69) is 20.0 Å². The molecule has 0 aliphatic heterocycles. The van der Waals surface area contributed by atoms with Gasteiger partial charge in [0.1, 0.15) is 5.25 Å². The van der Waals surface area contributed by atoms with Crippen LogP contribution in [-0.4, -0.2) is 26.9 Å². The molecule has 0 saturated carbocycles. The number of hydrogen-bond donors (Lipinski definition) is 2. The highest BCUT2D eigenvalue weighted by Gasteiger charge is 2.23. The van der Waals surface area contributed by atoms with Crippen molar-refractivity contribution in [3.63, 3.8) is 0 Å². The van der Waals surface area contributed by atoms with Crippen molar-refractivity contribution in [3.05, 3.63) is 95.6 Å². The lowest BCUT2D eigenvalue weighted by Gasteiger charge is -2.16. The van der Waals surface area contributed by atoms with Crippen LogP contribution in [-0.2, 0) is 4.79 Å². The van der Waals surface area contributed by atoms with Gasteiger partial charge in [0.15, 0.2) is 0 Å². The molecule has 9 heteroatoms. The number of amides is 2. The minimum atomic E-state index is -0.509. The van der Waals surface area contributed by atoms with Crippen molar-refractivity contribution in [3.8, 4) is 0 Å². The Balaban J connectivity index is 1.52. The van der Waals surface area contributed by atoms with Crippen LogP contribution >= 0.6 is 35.1 Å². The number of carbonyl (C=O) groups excluding carboxylic acids is 2. The summed E-state index contributed by atoms with van der Waals surface area (Å²) in [5, 5.41) is 6.50. The van der Waals surface area contributed by atoms with E-state index in [1.54, 1.807) is 6.07 Å². The average molecular weight is 521 g/mol. The molecule has 2 amide bonds. The van der Waals surface area contributed by atoms with Gasteiger partial charge in [-0.2, -0.15) is 9.36 Å². The minimum Gasteiger partial charge on any atom is -0.322 e. The Morgan fingerprint density at radius 1 is 0.971 bits per heavy atom. The smallest absolute Gasteiger partial charge is 0.255 e. The summed E-state index contributed by atoms with van der Waals surface area (Å²) in [6, 6.07) is 24.6. The summed E-state index contributed by atoms with van der Waals surface area (Å²) in [7, 11) is 0. The summed E-state index contributed by atoms with van der Waals surface area (Å²) in [5.41, 5.74) is 3.16. The van der Waals surface area contributed by atoms with Crippen LogP contribution in [0.1, 0.15) is 33.7 Å². The van der Waals surface area contributed by atoms with E-state index in [9.17, 15) is 9.59 Å². The maximum atomic E-state index is 13.3. The van der Waals surface area contributed by atoms with Crippen LogP contribution < -0.4 is 10.6 Å². The molecule has 1 atom stereocenters. The quantitative estimate of drug-likeness (QED) is 0.239. The van der Waals surface area contributed by atoms with E-state index in [0.717, 1.165) is 21.8 Å². The summed E-state index contributed by atoms with van der Waals surface area (Å²) >= 11 is 4.12. The number of thioether (sulfide) groups is 2. The fourth-order valence-corrected chi connectivity index (χ4v) is 5.65. The molecule has 0 saturated heterocycles. The fourth-order valence-electron chi connectivity index (χ4n) is 3.29. The Morgan fingerprint density at radius 2 is 1.77 bits per heavy atom. The summed E-state index contributed by atoms with van der Waals surface area (Å²) in [5.74, 6) is 0.508. The number of hydrogen-bond acceptors (Lipinski definition) is 7. The summed E-state index contributed by atoms with van der Waals surface area (Å²) < 4.78 is 4.28. The van der Waals surface area contributed by atoms with Crippen LogP contribution in [0.3, 0.4) is 0 Å². The monoisotopic (exact) mass is 520 g/mol. The van der Waals surface area contributed by atoms with Crippen molar-refractivity contribution in [1.29, 1.82) is 0 Å². The van der Waals surface area contributed by atoms with Gasteiger partial charge >= 0.3 is 0 Å². The van der Waals surface area contributed by atoms with Crippen LogP contribution in [0.4, 0.5) is 10.8 Å². The third kappa shape index (κ3) is 6.94. The number of nitrogens with one attached hydrogen (secondary N) is 2. The highest BCUT2D eigenvalue weighted by molar-refractivity contribution is 8.00. The zero-order chi connectivity index (χ0) is 24.6. The highest BCUT2D eigenvalue weighted by Crippen LogP contribution is 2.37. The van der Waals surface area contributed by atoms with Crippen LogP contribution in [0.2, 0.25) is 0 Å². The average Bonchev–Trinajstić information content (AvgIpc) is 3.30. The first-order chi connectivity index (χ1) is 17.0. The van der Waals surface area contributed by atoms with E-state index in [-0.39, 0.29) is 11.8 Å². The van der Waals surface area contributed by atoms with E-state index >= 15 is 0 Å². The number of nitrogens with zero attached hydrogens (tertiary/aromatic N) is 2. The topological polar surface area (TPSA) is 84.0 Å². The van der Waals surface area contributed by atoms with E-state index in [1.165, 1.54) is 35.1 Å². The molecule has 1 unspecified atom stereocenters. The molecule has 0 aliphatic rings. The van der Waals surface area contributed by atoms with Gasteiger partial charge < -0.3 is 5.32 Å². The molecular formula is C26H24N4O2S3. The molecule has 1 heterocycles. The SMILES string of the molecule is CCSc1nsc(NC(=O)C(Sc2cccc(NC(=O)c3cccc(C)c3)c2)c2ccccc2)n1. The molecule has 6 nitrogen and oxygen atoms in total. The Hall–Kier alpha value is -3.14. The molecule has 0 aliphatic carbocycles. The van der Waals surface area contributed by atoms with Gasteiger partial charge in [-0.1, -0.05) is 72.8 Å². The van der Waals surface area contributed by atoms with E-state index in [1.807, 2.05) is 86.6 Å². The number of benzene rings is 3. The zero-order valence-corrected chi connectivity index (χ0v) is 21.7. The first kappa shape index (κ1) is 25.0. The largest absolute Gasteiger partial charge is 0.322 e. The fraction of sp³-hybridized carbons (Fsp3) is 0.154. The van der Waals surface area contributed by atoms with Crippen LogP contribution in [0, 0.1) is 6.92 Å². The first-order valence-electron chi connectivity index (χ1n) is 11.0. The normalized spacial score (nSPS) is 11.6. The lowest BCUT2D eigenvalue weighted by Crippen LogP contribution is -2.19. The van der Waals surface area contributed by atoms with Gasteiger partial charge in [0.25, 0.3) is 5.91 Å². The molecule has 4 rings (SSSR count). The molecule has 0 fully saturated rings. The van der Waals surface area contributed by atoms with E-state index in [0.29, 0.717) is 21.5 Å². The second kappa shape index (κ2) is 12.0. The maximum Gasteiger partial charge on any atom is 0.255 e. The van der Waals surface area contributed by atoms with Gasteiger partial charge in [0, 0.05) is 27.7 Å². The number of aromatic nitrogens is 2. The lowest BCUT2D eigenvalue weighted by atomic mass is 10.1. The molecular weight excluding hydrogens is 497 g/mol. The Bertz CT molecular complexity index is 1310. The molecule has 4 aromatic rings. The number of rotatable bonds is 9. The van der Waals surface area contributed by atoms with Gasteiger partial charge in [0.2, 0.25) is 16.2 Å². The van der Waals surface area contributed by atoms with E-state index < -0.39 is 5.25 Å². The third-order valence-corrected chi connectivity index (χ3v) is 7.60. The van der Waals surface area contributed by atoms with Gasteiger partial charge in [-0.15, -0.1) is 11.8 Å². The van der Waals surface area contributed by atoms with Crippen molar-refractivity contribution >= 4 is 57.7 Å². The molecule has 1 aromatic heterocycles. The maximum absolute atomic E-state index is 13.3. The Morgan fingerprint density at radius 3 is 2.54 bits per heavy atom. The Kier molecular flexibility index (Phi) is 8.57. The number of anilines is 2. The van der Waals surface area contributed by atoms with Gasteiger partial charge in [-0.05, 0) is 48.6 Å². The van der Waals surface area contributed by atoms with Gasteiger partial charge in [0.05, 0.1) is 0 Å². The second-order valence-corrected chi connectivity index (χ2v) is 10.7. The van der Waals surface area contributed by atoms with Gasteiger partial charge in [-0.25, -0.2) is 0 Å². The van der Waals surface area contributed by atoms with Crippen molar-refractivity contribution in [1.82, 2.24) is 9.36 Å². The minimum absolute atomic E-state index is 0.176. The molecule has 0 spiro atoms. The van der Waals surface area contributed by atoms with E-state index in [4.69, 9.17) is 0 Å². The van der Waals surface area contributed by atoms with Crippen LogP contribution in [0.5, 0.6) is 0 Å². The summed E-state index contributed by atoms with van der Waals surface area (Å²) in [6.45, 7) is 3.98. The lowest BCUT2D eigenvalue weighted by molar-refractivity contribution is -0.115. The van der Waals surface area contributed by atoms with Crippen molar-refractivity contribution in [2.24, 2.45) is 0 Å². The number of aryl methyl sites for hydroxylation is 1. The van der Waals surface area contributed by atoms with Gasteiger partial charge in [-0.3, -0.25) is 14.9 Å². The molecule has 35 heavy (non-hydrogen) atoms. The van der Waals surface area contributed by atoms with Crippen molar-refractivity contribution < 1.29 is 9.59 Å².